The number of nitrogens with zero attached hydrogens (tertiary/aromatic N) is 3. The molecule has 1 saturated carbocycles. The quantitative estimate of drug-likeness (QED) is 0.215. The second kappa shape index (κ2) is 14.2. The number of benzene rings is 1. The summed E-state index contributed by atoms with van der Waals surface area (Å²) in [5, 5.41) is 17.9. The van der Waals surface area contributed by atoms with Crippen molar-refractivity contribution in [2.75, 3.05) is 25.6 Å². The van der Waals surface area contributed by atoms with Gasteiger partial charge in [0.1, 0.15) is 11.7 Å². The highest BCUT2D eigenvalue weighted by molar-refractivity contribution is 6.00. The predicted octanol–water partition coefficient (Wildman–Crippen LogP) is 5.03. The number of aromatic amines is 1. The SMILES string of the molecule is COCCOCc1n[nH]c(C)c1-c1ccc(NC(=O)[C@@H](NC(=O)c2ccnn2C(C)C)C2CCCCCC2)cc1. The van der Waals surface area contributed by atoms with Crippen LogP contribution in [0.15, 0.2) is 36.5 Å². The van der Waals surface area contributed by atoms with Crippen molar-refractivity contribution in [2.45, 2.75) is 78.0 Å². The number of hydrogen-bond acceptors (Lipinski definition) is 6. The maximum Gasteiger partial charge on any atom is 0.270 e. The Balaban J connectivity index is 1.49. The molecular formula is C30H42N6O4. The minimum Gasteiger partial charge on any atom is -0.382 e. The van der Waals surface area contributed by atoms with E-state index in [2.05, 4.69) is 25.9 Å². The summed E-state index contributed by atoms with van der Waals surface area (Å²) in [6.45, 7) is 7.32. The number of carbonyl (C=O) groups is 2. The van der Waals surface area contributed by atoms with Gasteiger partial charge in [0.2, 0.25) is 5.91 Å². The van der Waals surface area contributed by atoms with Crippen molar-refractivity contribution in [1.29, 1.82) is 0 Å². The molecule has 1 aliphatic carbocycles. The molecule has 0 spiro atoms. The molecule has 0 bridgehead atoms. The van der Waals surface area contributed by atoms with Gasteiger partial charge in [-0.1, -0.05) is 37.8 Å². The van der Waals surface area contributed by atoms with E-state index in [4.69, 9.17) is 9.47 Å². The van der Waals surface area contributed by atoms with E-state index in [9.17, 15) is 9.59 Å². The van der Waals surface area contributed by atoms with Crippen LogP contribution < -0.4 is 10.6 Å². The zero-order valence-corrected chi connectivity index (χ0v) is 24.0. The molecule has 3 aromatic rings. The van der Waals surface area contributed by atoms with Crippen LogP contribution in [-0.4, -0.2) is 58.2 Å². The van der Waals surface area contributed by atoms with Crippen molar-refractivity contribution in [1.82, 2.24) is 25.3 Å². The summed E-state index contributed by atoms with van der Waals surface area (Å²) in [6.07, 6.45) is 7.89. The fraction of sp³-hybridized carbons (Fsp3) is 0.533. The average Bonchev–Trinajstić information content (AvgIpc) is 3.49. The Bertz CT molecular complexity index is 1240. The van der Waals surface area contributed by atoms with Gasteiger partial charge in [-0.25, -0.2) is 0 Å². The Morgan fingerprint density at radius 1 is 1.07 bits per heavy atom. The molecule has 40 heavy (non-hydrogen) atoms. The molecule has 2 amide bonds. The zero-order valence-electron chi connectivity index (χ0n) is 24.0. The van der Waals surface area contributed by atoms with E-state index < -0.39 is 6.04 Å². The van der Waals surface area contributed by atoms with Crippen LogP contribution in [0.25, 0.3) is 11.1 Å². The standard InChI is InChI=1S/C30H42N6O4/c1-20(2)36-26(15-16-31-36)29(37)33-28(23-9-7-5-6-8-10-23)30(38)32-24-13-11-22(12-14-24)27-21(3)34-35-25(27)19-40-18-17-39-4/h11-16,20,23,28H,5-10,17-19H2,1-4H3,(H,32,38)(H,33,37)(H,34,35)/t28-/m0/s1. The lowest BCUT2D eigenvalue weighted by Gasteiger charge is -2.26. The first-order valence-electron chi connectivity index (χ1n) is 14.2. The van der Waals surface area contributed by atoms with Gasteiger partial charge in [-0.05, 0) is 63.3 Å². The van der Waals surface area contributed by atoms with Crippen LogP contribution in [-0.2, 0) is 20.9 Å². The van der Waals surface area contributed by atoms with Crippen molar-refractivity contribution in [3.05, 3.63) is 53.6 Å². The number of carbonyl (C=O) groups excluding carboxylic acids is 2. The maximum absolute atomic E-state index is 13.7. The maximum atomic E-state index is 13.7. The molecule has 0 saturated heterocycles. The topological polar surface area (TPSA) is 123 Å². The molecule has 4 rings (SSSR count). The highest BCUT2D eigenvalue weighted by Crippen LogP contribution is 2.29. The second-order valence-electron chi connectivity index (χ2n) is 10.7. The lowest BCUT2D eigenvalue weighted by molar-refractivity contribution is -0.119. The summed E-state index contributed by atoms with van der Waals surface area (Å²) in [5.74, 6) is -0.396. The van der Waals surface area contributed by atoms with E-state index in [0.717, 1.165) is 61.0 Å². The number of aryl methyl sites for hydroxylation is 1. The van der Waals surface area contributed by atoms with Crippen molar-refractivity contribution >= 4 is 17.5 Å². The van der Waals surface area contributed by atoms with Crippen LogP contribution in [0.2, 0.25) is 0 Å². The average molecular weight is 551 g/mol. The fourth-order valence-electron chi connectivity index (χ4n) is 5.38. The summed E-state index contributed by atoms with van der Waals surface area (Å²) in [6, 6.07) is 8.80. The van der Waals surface area contributed by atoms with Crippen LogP contribution >= 0.6 is 0 Å². The number of hydrogen-bond donors (Lipinski definition) is 3. The van der Waals surface area contributed by atoms with Gasteiger partial charge in [0.25, 0.3) is 5.91 Å². The van der Waals surface area contributed by atoms with Crippen LogP contribution in [0.1, 0.15) is 80.3 Å². The van der Waals surface area contributed by atoms with Crippen molar-refractivity contribution in [2.24, 2.45) is 5.92 Å². The van der Waals surface area contributed by atoms with E-state index in [-0.39, 0.29) is 23.8 Å². The van der Waals surface area contributed by atoms with Crippen molar-refractivity contribution < 1.29 is 19.1 Å². The Morgan fingerprint density at radius 2 is 1.80 bits per heavy atom. The molecule has 2 aromatic heterocycles. The fourth-order valence-corrected chi connectivity index (χ4v) is 5.38. The summed E-state index contributed by atoms with van der Waals surface area (Å²) < 4.78 is 12.4. The summed E-state index contributed by atoms with van der Waals surface area (Å²) >= 11 is 0. The number of anilines is 1. The first-order valence-corrected chi connectivity index (χ1v) is 14.2. The molecular weight excluding hydrogens is 508 g/mol. The first kappa shape index (κ1) is 29.5. The molecule has 2 heterocycles. The summed E-state index contributed by atoms with van der Waals surface area (Å²) in [7, 11) is 1.64. The molecule has 1 atom stereocenters. The van der Waals surface area contributed by atoms with Gasteiger partial charge >= 0.3 is 0 Å². The zero-order chi connectivity index (χ0) is 28.5. The number of nitrogens with one attached hydrogen (secondary N) is 3. The molecule has 1 fully saturated rings. The van der Waals surface area contributed by atoms with Crippen molar-refractivity contribution in [3.63, 3.8) is 0 Å². The third-order valence-electron chi connectivity index (χ3n) is 7.47. The van der Waals surface area contributed by atoms with Gasteiger partial charge < -0.3 is 20.1 Å². The summed E-state index contributed by atoms with van der Waals surface area (Å²) in [4.78, 5) is 27.0. The summed E-state index contributed by atoms with van der Waals surface area (Å²) in [5.41, 5.74) is 4.86. The highest BCUT2D eigenvalue weighted by Gasteiger charge is 2.31. The minimum absolute atomic E-state index is 0.0377. The molecule has 3 N–H and O–H groups in total. The smallest absolute Gasteiger partial charge is 0.270 e. The van der Waals surface area contributed by atoms with Crippen LogP contribution in [0.4, 0.5) is 5.69 Å². The van der Waals surface area contributed by atoms with E-state index in [1.165, 1.54) is 0 Å². The molecule has 0 radical (unpaired) electrons. The van der Waals surface area contributed by atoms with E-state index >= 15 is 0 Å². The van der Waals surface area contributed by atoms with Gasteiger partial charge in [-0.15, -0.1) is 0 Å². The van der Waals surface area contributed by atoms with Crippen LogP contribution in [0.5, 0.6) is 0 Å². The lowest BCUT2D eigenvalue weighted by Crippen LogP contribution is -2.49. The third-order valence-corrected chi connectivity index (χ3v) is 7.47. The predicted molar refractivity (Wildman–Crippen MR) is 154 cm³/mol. The number of H-pyrrole nitrogens is 1. The van der Waals surface area contributed by atoms with E-state index in [0.29, 0.717) is 31.2 Å². The third kappa shape index (κ3) is 7.37. The number of aromatic nitrogens is 4. The lowest BCUT2D eigenvalue weighted by atomic mass is 9.91. The Kier molecular flexibility index (Phi) is 10.5. The van der Waals surface area contributed by atoms with Crippen LogP contribution in [0.3, 0.4) is 0 Å². The van der Waals surface area contributed by atoms with Gasteiger partial charge in [0.05, 0.1) is 25.5 Å². The molecule has 1 aliphatic rings. The largest absolute Gasteiger partial charge is 0.382 e. The molecule has 1 aromatic carbocycles. The second-order valence-corrected chi connectivity index (χ2v) is 10.7. The Labute approximate surface area is 236 Å². The van der Waals surface area contributed by atoms with E-state index in [1.807, 2.05) is 45.0 Å². The number of methoxy groups -OCH3 is 1. The van der Waals surface area contributed by atoms with Crippen LogP contribution in [0, 0.1) is 12.8 Å². The number of rotatable bonds is 12. The van der Waals surface area contributed by atoms with Gasteiger partial charge in [-0.3, -0.25) is 19.4 Å². The van der Waals surface area contributed by atoms with Gasteiger partial charge in [0, 0.05) is 36.3 Å². The minimum atomic E-state index is -0.632. The molecule has 10 nitrogen and oxygen atoms in total. The first-order chi connectivity index (χ1) is 19.4. The number of amides is 2. The molecule has 10 heteroatoms. The molecule has 216 valence electrons. The Hall–Kier alpha value is -3.50. The Morgan fingerprint density at radius 3 is 2.48 bits per heavy atom. The van der Waals surface area contributed by atoms with Crippen molar-refractivity contribution in [3.8, 4) is 11.1 Å². The highest BCUT2D eigenvalue weighted by atomic mass is 16.5. The monoisotopic (exact) mass is 550 g/mol. The van der Waals surface area contributed by atoms with E-state index in [1.54, 1.807) is 24.1 Å². The molecule has 0 aliphatic heterocycles. The van der Waals surface area contributed by atoms with Gasteiger partial charge in [-0.2, -0.15) is 10.2 Å². The number of ether oxygens (including phenoxy) is 2. The normalized spacial score (nSPS) is 15.1. The van der Waals surface area contributed by atoms with Gasteiger partial charge in [0.15, 0.2) is 0 Å². The molecule has 0 unspecified atom stereocenters.